The van der Waals surface area contributed by atoms with Crippen LogP contribution in [0.15, 0.2) is 59.3 Å². The number of rotatable bonds is 8. The van der Waals surface area contributed by atoms with Crippen LogP contribution in [0.1, 0.15) is 25.0 Å². The lowest BCUT2D eigenvalue weighted by Gasteiger charge is -2.21. The molecule has 3 aromatic rings. The van der Waals surface area contributed by atoms with Gasteiger partial charge in [-0.2, -0.15) is 5.26 Å². The van der Waals surface area contributed by atoms with Crippen LogP contribution < -0.4 is 10.2 Å². The fourth-order valence-corrected chi connectivity index (χ4v) is 3.26. The summed E-state index contributed by atoms with van der Waals surface area (Å²) in [6.45, 7) is 0.598. The van der Waals surface area contributed by atoms with E-state index in [0.29, 0.717) is 13.1 Å². The summed E-state index contributed by atoms with van der Waals surface area (Å²) in [5.74, 6) is -0.399. The molecule has 0 aliphatic rings. The highest BCUT2D eigenvalue weighted by Crippen LogP contribution is 2.16. The number of aromatic nitrogens is 2. The molecule has 0 unspecified atom stereocenters. The van der Waals surface area contributed by atoms with E-state index >= 15 is 0 Å². The Balaban J connectivity index is 1.53. The Morgan fingerprint density at radius 2 is 1.93 bits per heavy atom. The molecule has 1 aromatic carbocycles. The van der Waals surface area contributed by atoms with Gasteiger partial charge in [0.1, 0.15) is 5.65 Å². The first-order valence-corrected chi connectivity index (χ1v) is 9.98. The molecule has 29 heavy (non-hydrogen) atoms. The van der Waals surface area contributed by atoms with Crippen molar-refractivity contribution in [2.24, 2.45) is 0 Å². The van der Waals surface area contributed by atoms with Gasteiger partial charge in [0.2, 0.25) is 11.8 Å². The van der Waals surface area contributed by atoms with E-state index in [4.69, 9.17) is 5.26 Å². The number of halogens is 1. The molecule has 2 amide bonds. The maximum Gasteiger partial charge on any atom is 0.227 e. The Morgan fingerprint density at radius 1 is 1.14 bits per heavy atom. The van der Waals surface area contributed by atoms with Gasteiger partial charge in [-0.05, 0) is 40.2 Å². The topological polar surface area (TPSA) is 90.5 Å². The number of carbonyl (C=O) groups is 2. The molecule has 0 atom stereocenters. The number of amides is 2. The second kappa shape index (κ2) is 9.85. The number of imidazole rings is 1. The predicted octanol–water partition coefficient (Wildman–Crippen LogP) is 3.44. The minimum absolute atomic E-state index is 0.0737. The molecule has 2 aromatic heterocycles. The lowest BCUT2D eigenvalue weighted by atomic mass is 10.2. The maximum absolute atomic E-state index is 12.6. The molecule has 0 aliphatic carbocycles. The zero-order chi connectivity index (χ0) is 20.6. The normalized spacial score (nSPS) is 10.5. The minimum atomic E-state index is -0.218. The number of carbonyl (C=O) groups excluding carboxylic acids is 2. The summed E-state index contributed by atoms with van der Waals surface area (Å²) in [7, 11) is 0. The van der Waals surface area contributed by atoms with Gasteiger partial charge in [-0.1, -0.05) is 18.2 Å². The average Bonchev–Trinajstić information content (AvgIpc) is 3.13. The van der Waals surface area contributed by atoms with Gasteiger partial charge in [-0.25, -0.2) is 4.98 Å². The zero-order valence-corrected chi connectivity index (χ0v) is 17.3. The number of nitrogens with zero attached hydrogens (tertiary/aromatic N) is 4. The van der Waals surface area contributed by atoms with Crippen LogP contribution in [0.5, 0.6) is 0 Å². The Kier molecular flexibility index (Phi) is 6.98. The van der Waals surface area contributed by atoms with Crippen LogP contribution in [0.2, 0.25) is 0 Å². The second-order valence-corrected chi connectivity index (χ2v) is 7.33. The number of benzene rings is 1. The molecular formula is C21H20BrN5O2. The highest BCUT2D eigenvalue weighted by Gasteiger charge is 2.16. The van der Waals surface area contributed by atoms with E-state index in [9.17, 15) is 9.59 Å². The molecule has 0 spiro atoms. The number of hydrogen-bond acceptors (Lipinski definition) is 4. The van der Waals surface area contributed by atoms with E-state index in [1.807, 2.05) is 59.3 Å². The fraction of sp³-hybridized carbons (Fsp3) is 0.238. The lowest BCUT2D eigenvalue weighted by molar-refractivity contribution is -0.125. The summed E-state index contributed by atoms with van der Waals surface area (Å²) in [6.07, 6.45) is 4.13. The van der Waals surface area contributed by atoms with Gasteiger partial charge in [-0.15, -0.1) is 0 Å². The highest BCUT2D eigenvalue weighted by molar-refractivity contribution is 9.10. The van der Waals surface area contributed by atoms with Crippen molar-refractivity contribution in [2.75, 3.05) is 11.4 Å². The van der Waals surface area contributed by atoms with Crippen LogP contribution in [0.25, 0.3) is 5.65 Å². The minimum Gasteiger partial charge on any atom is -0.350 e. The Labute approximate surface area is 177 Å². The summed E-state index contributed by atoms with van der Waals surface area (Å²) in [5.41, 5.74) is 2.26. The number of fused-ring (bicyclic) bond motifs is 1. The monoisotopic (exact) mass is 453 g/mol. The molecule has 0 saturated heterocycles. The molecule has 148 valence electrons. The number of nitrogens with one attached hydrogen (secondary N) is 1. The zero-order valence-electron chi connectivity index (χ0n) is 15.7. The van der Waals surface area contributed by atoms with Crippen molar-refractivity contribution < 1.29 is 9.59 Å². The van der Waals surface area contributed by atoms with Gasteiger partial charge in [0.05, 0.1) is 24.7 Å². The third kappa shape index (κ3) is 5.65. The fourth-order valence-electron chi connectivity index (χ4n) is 2.90. The number of pyridine rings is 1. The van der Waals surface area contributed by atoms with Gasteiger partial charge in [0.15, 0.2) is 0 Å². The molecule has 3 rings (SSSR count). The molecule has 0 radical (unpaired) electrons. The summed E-state index contributed by atoms with van der Waals surface area (Å²) < 4.78 is 2.82. The summed E-state index contributed by atoms with van der Waals surface area (Å²) in [5, 5.41) is 11.6. The van der Waals surface area contributed by atoms with Gasteiger partial charge in [-0.3, -0.25) is 9.59 Å². The third-order valence-electron chi connectivity index (χ3n) is 4.31. The van der Waals surface area contributed by atoms with E-state index in [1.54, 1.807) is 4.90 Å². The number of hydrogen-bond donors (Lipinski definition) is 1. The smallest absolute Gasteiger partial charge is 0.227 e. The number of nitriles is 1. The van der Waals surface area contributed by atoms with Gasteiger partial charge in [0.25, 0.3) is 0 Å². The molecule has 2 heterocycles. The standard InChI is InChI=1S/C21H20BrN5O2/c22-16-7-8-19-25-17(15-26(19)14-16)13-24-20(28)9-10-21(29)27(12-4-11-23)18-5-2-1-3-6-18/h1-3,5-8,14-15H,4,9-10,12-13H2,(H,24,28). The van der Waals surface area contributed by atoms with Crippen molar-refractivity contribution >= 4 is 39.1 Å². The third-order valence-corrected chi connectivity index (χ3v) is 4.78. The summed E-state index contributed by atoms with van der Waals surface area (Å²) >= 11 is 3.41. The number of para-hydroxylation sites is 1. The SMILES string of the molecule is N#CCCN(C(=O)CCC(=O)NCc1cn2cc(Br)ccc2n1)c1ccccc1. The van der Waals surface area contributed by atoms with E-state index in [1.165, 1.54) is 0 Å². The number of anilines is 1. The van der Waals surface area contributed by atoms with Crippen LogP contribution in [-0.4, -0.2) is 27.7 Å². The predicted molar refractivity (Wildman–Crippen MR) is 113 cm³/mol. The van der Waals surface area contributed by atoms with Gasteiger partial charge < -0.3 is 14.6 Å². The van der Waals surface area contributed by atoms with E-state index in [-0.39, 0.29) is 31.1 Å². The molecular weight excluding hydrogens is 434 g/mol. The second-order valence-electron chi connectivity index (χ2n) is 6.41. The Bertz CT molecular complexity index is 1040. The van der Waals surface area contributed by atoms with Crippen molar-refractivity contribution in [1.29, 1.82) is 5.26 Å². The van der Waals surface area contributed by atoms with E-state index in [0.717, 1.165) is 21.5 Å². The lowest BCUT2D eigenvalue weighted by Crippen LogP contribution is -2.33. The summed E-state index contributed by atoms with van der Waals surface area (Å²) in [4.78, 5) is 30.8. The molecule has 7 nitrogen and oxygen atoms in total. The molecule has 1 N–H and O–H groups in total. The van der Waals surface area contributed by atoms with Crippen LogP contribution in [-0.2, 0) is 16.1 Å². The Hall–Kier alpha value is -3.18. The highest BCUT2D eigenvalue weighted by atomic mass is 79.9. The van der Waals surface area contributed by atoms with Crippen LogP contribution in [0.4, 0.5) is 5.69 Å². The molecule has 8 heteroatoms. The molecule has 0 fully saturated rings. The van der Waals surface area contributed by atoms with Crippen LogP contribution in [0.3, 0.4) is 0 Å². The quantitative estimate of drug-likeness (QED) is 0.565. The molecule has 0 saturated carbocycles. The van der Waals surface area contributed by atoms with Gasteiger partial charge in [0, 0.05) is 41.9 Å². The van der Waals surface area contributed by atoms with E-state index < -0.39 is 0 Å². The first-order valence-electron chi connectivity index (χ1n) is 9.19. The van der Waals surface area contributed by atoms with Crippen LogP contribution >= 0.6 is 15.9 Å². The molecule has 0 aliphatic heterocycles. The van der Waals surface area contributed by atoms with Crippen molar-refractivity contribution in [2.45, 2.75) is 25.8 Å². The van der Waals surface area contributed by atoms with Crippen LogP contribution in [0, 0.1) is 11.3 Å². The van der Waals surface area contributed by atoms with E-state index in [2.05, 4.69) is 32.3 Å². The van der Waals surface area contributed by atoms with Gasteiger partial charge >= 0.3 is 0 Å². The van der Waals surface area contributed by atoms with Crippen molar-refractivity contribution in [3.05, 3.63) is 65.0 Å². The van der Waals surface area contributed by atoms with Crippen molar-refractivity contribution in [3.8, 4) is 6.07 Å². The first kappa shape index (κ1) is 20.6. The Morgan fingerprint density at radius 3 is 2.69 bits per heavy atom. The van der Waals surface area contributed by atoms with Crippen molar-refractivity contribution in [1.82, 2.24) is 14.7 Å². The average molecular weight is 454 g/mol. The van der Waals surface area contributed by atoms with Crippen molar-refractivity contribution in [3.63, 3.8) is 0 Å². The largest absolute Gasteiger partial charge is 0.350 e. The molecule has 0 bridgehead atoms. The summed E-state index contributed by atoms with van der Waals surface area (Å²) in [6, 6.07) is 15.0. The first-order chi connectivity index (χ1) is 14.1. The maximum atomic E-state index is 12.6.